The molecule has 0 aromatic rings. The standard InChI is InChI=1S/C14H27NO/c1-8(2)11-13(16)15-12(9(3)4)10(5)14(11,6)7/h8-12H,1-7H3,(H,15,16). The quantitative estimate of drug-likeness (QED) is 0.769. The van der Waals surface area contributed by atoms with Gasteiger partial charge in [0.05, 0.1) is 0 Å². The molecule has 3 atom stereocenters. The van der Waals surface area contributed by atoms with E-state index in [-0.39, 0.29) is 17.2 Å². The van der Waals surface area contributed by atoms with Crippen LogP contribution in [0.5, 0.6) is 0 Å². The lowest BCUT2D eigenvalue weighted by molar-refractivity contribution is -0.141. The molecule has 1 amide bonds. The summed E-state index contributed by atoms with van der Waals surface area (Å²) in [6.07, 6.45) is 0. The Balaban J connectivity index is 3.02. The van der Waals surface area contributed by atoms with Gasteiger partial charge < -0.3 is 5.32 Å². The molecule has 0 bridgehead atoms. The summed E-state index contributed by atoms with van der Waals surface area (Å²) < 4.78 is 0. The molecule has 0 aromatic heterocycles. The Morgan fingerprint density at radius 3 is 2.00 bits per heavy atom. The highest BCUT2D eigenvalue weighted by atomic mass is 16.2. The molecule has 0 aliphatic carbocycles. The van der Waals surface area contributed by atoms with Crippen molar-refractivity contribution in [3.8, 4) is 0 Å². The number of carbonyl (C=O) groups is 1. The molecule has 1 aliphatic heterocycles. The molecule has 16 heavy (non-hydrogen) atoms. The summed E-state index contributed by atoms with van der Waals surface area (Å²) in [5.74, 6) is 1.82. The fourth-order valence-corrected chi connectivity index (χ4v) is 3.37. The Labute approximate surface area is 100 Å². The predicted molar refractivity (Wildman–Crippen MR) is 68.0 cm³/mol. The summed E-state index contributed by atoms with van der Waals surface area (Å²) in [7, 11) is 0. The molecular formula is C14H27NO. The molecule has 1 rings (SSSR count). The Kier molecular flexibility index (Phi) is 3.71. The molecule has 3 unspecified atom stereocenters. The Bertz CT molecular complexity index is 268. The van der Waals surface area contributed by atoms with E-state index in [0.717, 1.165) is 0 Å². The number of nitrogens with one attached hydrogen (secondary N) is 1. The van der Waals surface area contributed by atoms with E-state index in [0.29, 0.717) is 23.8 Å². The number of carbonyl (C=O) groups excluding carboxylic acids is 1. The van der Waals surface area contributed by atoms with E-state index in [1.165, 1.54) is 0 Å². The van der Waals surface area contributed by atoms with E-state index in [2.05, 4.69) is 53.8 Å². The summed E-state index contributed by atoms with van der Waals surface area (Å²) >= 11 is 0. The average Bonchev–Trinajstić information content (AvgIpc) is 2.09. The molecule has 1 aliphatic rings. The van der Waals surface area contributed by atoms with Gasteiger partial charge >= 0.3 is 0 Å². The lowest BCUT2D eigenvalue weighted by atomic mass is 9.60. The number of rotatable bonds is 2. The molecule has 2 heteroatoms. The highest BCUT2D eigenvalue weighted by Crippen LogP contribution is 2.45. The molecule has 0 saturated carbocycles. The molecule has 1 heterocycles. The maximum atomic E-state index is 12.2. The summed E-state index contributed by atoms with van der Waals surface area (Å²) in [5.41, 5.74) is 0.0887. The van der Waals surface area contributed by atoms with Crippen LogP contribution in [0.4, 0.5) is 0 Å². The van der Waals surface area contributed by atoms with Gasteiger partial charge in [-0.05, 0) is 23.2 Å². The van der Waals surface area contributed by atoms with Crippen LogP contribution >= 0.6 is 0 Å². The summed E-state index contributed by atoms with van der Waals surface area (Å²) in [5, 5.41) is 3.21. The van der Waals surface area contributed by atoms with Crippen molar-refractivity contribution >= 4 is 5.91 Å². The van der Waals surface area contributed by atoms with Gasteiger partial charge in [0.15, 0.2) is 0 Å². The summed E-state index contributed by atoms with van der Waals surface area (Å²) in [4.78, 5) is 12.2. The van der Waals surface area contributed by atoms with Crippen LogP contribution in [0.3, 0.4) is 0 Å². The second kappa shape index (κ2) is 4.38. The highest BCUT2D eigenvalue weighted by molar-refractivity contribution is 5.81. The molecule has 0 radical (unpaired) electrons. The minimum atomic E-state index is 0.0887. The van der Waals surface area contributed by atoms with Gasteiger partial charge in [-0.25, -0.2) is 0 Å². The van der Waals surface area contributed by atoms with Crippen LogP contribution in [0.1, 0.15) is 48.5 Å². The van der Waals surface area contributed by atoms with Gasteiger partial charge in [-0.2, -0.15) is 0 Å². The molecule has 94 valence electrons. The number of amides is 1. The number of hydrogen-bond acceptors (Lipinski definition) is 1. The SMILES string of the molecule is CC(C)C1NC(=O)C(C(C)C)C(C)(C)C1C. The fourth-order valence-electron chi connectivity index (χ4n) is 3.37. The topological polar surface area (TPSA) is 29.1 Å². The third kappa shape index (κ3) is 2.11. The molecule has 1 fully saturated rings. The van der Waals surface area contributed by atoms with E-state index in [1.54, 1.807) is 0 Å². The van der Waals surface area contributed by atoms with E-state index in [1.807, 2.05) is 0 Å². The van der Waals surface area contributed by atoms with Crippen LogP contribution in [0, 0.1) is 29.1 Å². The van der Waals surface area contributed by atoms with Crippen molar-refractivity contribution < 1.29 is 4.79 Å². The van der Waals surface area contributed by atoms with Crippen molar-refractivity contribution in [3.63, 3.8) is 0 Å². The second-order valence-electron chi connectivity index (χ2n) is 6.61. The van der Waals surface area contributed by atoms with E-state index < -0.39 is 0 Å². The van der Waals surface area contributed by atoms with Gasteiger partial charge in [0.25, 0.3) is 0 Å². The zero-order valence-corrected chi connectivity index (χ0v) is 11.8. The van der Waals surface area contributed by atoms with Crippen molar-refractivity contribution in [2.45, 2.75) is 54.5 Å². The minimum absolute atomic E-state index is 0.0887. The van der Waals surface area contributed by atoms with Crippen LogP contribution in [0.2, 0.25) is 0 Å². The Morgan fingerprint density at radius 1 is 1.12 bits per heavy atom. The third-order valence-corrected chi connectivity index (χ3v) is 4.49. The lowest BCUT2D eigenvalue weighted by Crippen LogP contribution is -2.60. The lowest BCUT2D eigenvalue weighted by Gasteiger charge is -2.50. The van der Waals surface area contributed by atoms with Crippen LogP contribution in [0.15, 0.2) is 0 Å². The maximum Gasteiger partial charge on any atom is 0.224 e. The van der Waals surface area contributed by atoms with Gasteiger partial charge in [-0.1, -0.05) is 48.5 Å². The normalized spacial score (nSPS) is 34.3. The van der Waals surface area contributed by atoms with Crippen molar-refractivity contribution in [1.82, 2.24) is 5.32 Å². The fraction of sp³-hybridized carbons (Fsp3) is 0.929. The zero-order chi connectivity index (χ0) is 12.7. The van der Waals surface area contributed by atoms with E-state index in [9.17, 15) is 4.79 Å². The highest BCUT2D eigenvalue weighted by Gasteiger charge is 2.48. The first-order valence-corrected chi connectivity index (χ1v) is 6.50. The summed E-state index contributed by atoms with van der Waals surface area (Å²) in [6.45, 7) is 15.4. The van der Waals surface area contributed by atoms with E-state index in [4.69, 9.17) is 0 Å². The zero-order valence-electron chi connectivity index (χ0n) is 11.8. The first-order chi connectivity index (χ1) is 7.19. The van der Waals surface area contributed by atoms with Crippen LogP contribution in [-0.4, -0.2) is 11.9 Å². The molecule has 0 spiro atoms. The average molecular weight is 225 g/mol. The van der Waals surface area contributed by atoms with Crippen LogP contribution in [0.25, 0.3) is 0 Å². The van der Waals surface area contributed by atoms with E-state index >= 15 is 0 Å². The Morgan fingerprint density at radius 2 is 1.62 bits per heavy atom. The number of piperidine rings is 1. The van der Waals surface area contributed by atoms with Gasteiger partial charge in [-0.3, -0.25) is 4.79 Å². The monoisotopic (exact) mass is 225 g/mol. The first-order valence-electron chi connectivity index (χ1n) is 6.50. The first kappa shape index (κ1) is 13.5. The maximum absolute atomic E-state index is 12.2. The largest absolute Gasteiger partial charge is 0.353 e. The van der Waals surface area contributed by atoms with Gasteiger partial charge in [0.1, 0.15) is 0 Å². The minimum Gasteiger partial charge on any atom is -0.353 e. The van der Waals surface area contributed by atoms with Crippen LogP contribution < -0.4 is 5.32 Å². The third-order valence-electron chi connectivity index (χ3n) is 4.49. The molecular weight excluding hydrogens is 198 g/mol. The number of hydrogen-bond donors (Lipinski definition) is 1. The molecule has 0 aromatic carbocycles. The molecule has 2 nitrogen and oxygen atoms in total. The van der Waals surface area contributed by atoms with Gasteiger partial charge in [0, 0.05) is 12.0 Å². The van der Waals surface area contributed by atoms with Crippen LogP contribution in [-0.2, 0) is 4.79 Å². The van der Waals surface area contributed by atoms with Gasteiger partial charge in [0.2, 0.25) is 5.91 Å². The summed E-state index contributed by atoms with van der Waals surface area (Å²) in [6, 6.07) is 0.317. The van der Waals surface area contributed by atoms with Crippen molar-refractivity contribution in [1.29, 1.82) is 0 Å². The Hall–Kier alpha value is -0.530. The molecule has 1 saturated heterocycles. The smallest absolute Gasteiger partial charge is 0.224 e. The molecule has 1 N–H and O–H groups in total. The van der Waals surface area contributed by atoms with Crippen molar-refractivity contribution in [2.24, 2.45) is 29.1 Å². The predicted octanol–water partition coefficient (Wildman–Crippen LogP) is 3.08. The van der Waals surface area contributed by atoms with Crippen molar-refractivity contribution in [3.05, 3.63) is 0 Å². The second-order valence-corrected chi connectivity index (χ2v) is 6.61. The van der Waals surface area contributed by atoms with Gasteiger partial charge in [-0.15, -0.1) is 0 Å². The van der Waals surface area contributed by atoms with Crippen molar-refractivity contribution in [2.75, 3.05) is 0 Å².